The van der Waals surface area contributed by atoms with Gasteiger partial charge >= 0.3 is 0 Å². The maximum Gasteiger partial charge on any atom is 0.0480 e. The Bertz CT molecular complexity index is 343. The van der Waals surface area contributed by atoms with Crippen LogP contribution in [0.5, 0.6) is 0 Å². The maximum atomic E-state index is 3.78. The third-order valence-electron chi connectivity index (χ3n) is 3.65. The molecule has 0 atom stereocenters. The fourth-order valence-corrected chi connectivity index (χ4v) is 3.46. The lowest BCUT2D eigenvalue weighted by Gasteiger charge is -2.23. The predicted molar refractivity (Wildman–Crippen MR) is 82.6 cm³/mol. The molecular weight excluding hydrogens is 238 g/mol. The van der Waals surface area contributed by atoms with E-state index in [1.165, 1.54) is 55.5 Å². The maximum absolute atomic E-state index is 3.78. The van der Waals surface area contributed by atoms with Gasteiger partial charge in [-0.3, -0.25) is 0 Å². The molecule has 2 rings (SSSR count). The lowest BCUT2D eigenvalue weighted by atomic mass is 9.96. The van der Waals surface area contributed by atoms with Crippen molar-refractivity contribution < 1.29 is 0 Å². The first-order chi connectivity index (χ1) is 8.90. The molecule has 0 radical (unpaired) electrons. The minimum absolute atomic E-state index is 0.684. The Labute approximate surface area is 116 Å². The summed E-state index contributed by atoms with van der Waals surface area (Å²) < 4.78 is 0. The van der Waals surface area contributed by atoms with Gasteiger partial charge in [0.2, 0.25) is 0 Å². The summed E-state index contributed by atoms with van der Waals surface area (Å²) in [7, 11) is 0. The van der Waals surface area contributed by atoms with E-state index < -0.39 is 0 Å². The second-order valence-corrected chi connectivity index (χ2v) is 6.42. The molecule has 0 aliphatic heterocycles. The predicted octanol–water partition coefficient (Wildman–Crippen LogP) is 5.32. The van der Waals surface area contributed by atoms with Gasteiger partial charge in [-0.1, -0.05) is 51.2 Å². The average molecular weight is 263 g/mol. The van der Waals surface area contributed by atoms with Crippen LogP contribution in [0.25, 0.3) is 0 Å². The molecule has 1 saturated carbocycles. The van der Waals surface area contributed by atoms with Crippen molar-refractivity contribution >= 4 is 17.4 Å². The smallest absolute Gasteiger partial charge is 0.0480 e. The van der Waals surface area contributed by atoms with Gasteiger partial charge in [0.25, 0.3) is 0 Å². The van der Waals surface area contributed by atoms with Gasteiger partial charge in [0.15, 0.2) is 0 Å². The van der Waals surface area contributed by atoms with E-state index in [1.54, 1.807) is 0 Å². The Kier molecular flexibility index (Phi) is 5.92. The third kappa shape index (κ3) is 4.24. The molecule has 0 unspecified atom stereocenters. The van der Waals surface area contributed by atoms with Gasteiger partial charge in [0.05, 0.1) is 0 Å². The summed E-state index contributed by atoms with van der Waals surface area (Å²) >= 11 is 1.94. The summed E-state index contributed by atoms with van der Waals surface area (Å²) in [5.74, 6) is 1.14. The fraction of sp³-hybridized carbons (Fsp3) is 0.625. The van der Waals surface area contributed by atoms with Crippen molar-refractivity contribution in [3.05, 3.63) is 24.3 Å². The summed E-state index contributed by atoms with van der Waals surface area (Å²) in [6.07, 6.45) is 9.74. The van der Waals surface area contributed by atoms with E-state index >= 15 is 0 Å². The second kappa shape index (κ2) is 7.73. The lowest BCUT2D eigenvalue weighted by Crippen LogP contribution is -2.20. The molecule has 1 N–H and O–H groups in total. The van der Waals surface area contributed by atoms with Crippen molar-refractivity contribution in [3.8, 4) is 0 Å². The molecule has 0 spiro atoms. The molecule has 0 aromatic heterocycles. The van der Waals surface area contributed by atoms with Crippen molar-refractivity contribution in [2.24, 2.45) is 0 Å². The monoisotopic (exact) mass is 263 g/mol. The molecule has 18 heavy (non-hydrogen) atoms. The van der Waals surface area contributed by atoms with Crippen LogP contribution < -0.4 is 5.32 Å². The van der Waals surface area contributed by atoms with E-state index in [-0.39, 0.29) is 0 Å². The van der Waals surface area contributed by atoms with E-state index in [1.807, 2.05) is 11.8 Å². The molecule has 1 aliphatic carbocycles. The summed E-state index contributed by atoms with van der Waals surface area (Å²) in [5, 5.41) is 3.78. The van der Waals surface area contributed by atoms with E-state index in [2.05, 4.69) is 36.5 Å². The summed E-state index contributed by atoms with van der Waals surface area (Å²) in [5.41, 5.74) is 1.34. The number of nitrogens with one attached hydrogen (secondary N) is 1. The average Bonchev–Trinajstić information content (AvgIpc) is 2.35. The van der Waals surface area contributed by atoms with Gasteiger partial charge in [-0.05, 0) is 30.7 Å². The van der Waals surface area contributed by atoms with Crippen LogP contribution in [0, 0.1) is 0 Å². The van der Waals surface area contributed by atoms with Gasteiger partial charge in [-0.2, -0.15) is 0 Å². The summed E-state index contributed by atoms with van der Waals surface area (Å²) in [4.78, 5) is 1.40. The van der Waals surface area contributed by atoms with Crippen molar-refractivity contribution in [3.63, 3.8) is 0 Å². The standard InChI is InChI=1S/C16H25NS/c1-2-18-16-13-9-8-12-15(16)17-14-10-6-4-3-5-7-11-14/h8-9,12-14,17H,2-7,10-11H2,1H3. The van der Waals surface area contributed by atoms with Crippen LogP contribution >= 0.6 is 11.8 Å². The zero-order chi connectivity index (χ0) is 12.6. The zero-order valence-corrected chi connectivity index (χ0v) is 12.3. The van der Waals surface area contributed by atoms with Crippen molar-refractivity contribution in [1.82, 2.24) is 0 Å². The largest absolute Gasteiger partial charge is 0.381 e. The highest BCUT2D eigenvalue weighted by atomic mass is 32.2. The van der Waals surface area contributed by atoms with Crippen molar-refractivity contribution in [1.29, 1.82) is 0 Å². The Morgan fingerprint density at radius 3 is 2.44 bits per heavy atom. The fourth-order valence-electron chi connectivity index (χ4n) is 2.69. The molecule has 1 fully saturated rings. The number of hydrogen-bond acceptors (Lipinski definition) is 2. The number of thioether (sulfide) groups is 1. The number of para-hydroxylation sites is 1. The third-order valence-corrected chi connectivity index (χ3v) is 4.61. The number of anilines is 1. The van der Waals surface area contributed by atoms with E-state index in [0.717, 1.165) is 5.75 Å². The molecule has 0 saturated heterocycles. The van der Waals surface area contributed by atoms with Crippen LogP contribution in [0.15, 0.2) is 29.2 Å². The van der Waals surface area contributed by atoms with Crippen LogP contribution in [-0.4, -0.2) is 11.8 Å². The first-order valence-electron chi connectivity index (χ1n) is 7.38. The van der Waals surface area contributed by atoms with Crippen LogP contribution in [0.2, 0.25) is 0 Å². The highest BCUT2D eigenvalue weighted by Gasteiger charge is 2.12. The molecule has 0 heterocycles. The minimum atomic E-state index is 0.684. The molecule has 100 valence electrons. The lowest BCUT2D eigenvalue weighted by molar-refractivity contribution is 0.471. The first kappa shape index (κ1) is 13.8. The molecular formula is C16H25NS. The van der Waals surface area contributed by atoms with E-state index in [0.29, 0.717) is 6.04 Å². The molecule has 2 heteroatoms. The molecule has 1 nitrogen and oxygen atoms in total. The molecule has 1 aromatic carbocycles. The highest BCUT2D eigenvalue weighted by Crippen LogP contribution is 2.29. The number of benzene rings is 1. The minimum Gasteiger partial charge on any atom is -0.381 e. The number of hydrogen-bond donors (Lipinski definition) is 1. The van der Waals surface area contributed by atoms with Crippen LogP contribution in [-0.2, 0) is 0 Å². The Morgan fingerprint density at radius 2 is 1.72 bits per heavy atom. The van der Waals surface area contributed by atoms with Crippen LogP contribution in [0.1, 0.15) is 51.9 Å². The summed E-state index contributed by atoms with van der Waals surface area (Å²) in [6, 6.07) is 9.44. The zero-order valence-electron chi connectivity index (χ0n) is 11.5. The van der Waals surface area contributed by atoms with E-state index in [4.69, 9.17) is 0 Å². The molecule has 0 bridgehead atoms. The van der Waals surface area contributed by atoms with Crippen LogP contribution in [0.3, 0.4) is 0 Å². The van der Waals surface area contributed by atoms with E-state index in [9.17, 15) is 0 Å². The second-order valence-electron chi connectivity index (χ2n) is 5.12. The molecule has 1 aliphatic rings. The number of rotatable bonds is 4. The van der Waals surface area contributed by atoms with Crippen molar-refractivity contribution in [2.75, 3.05) is 11.1 Å². The molecule has 0 amide bonds. The van der Waals surface area contributed by atoms with Gasteiger partial charge < -0.3 is 5.32 Å². The topological polar surface area (TPSA) is 12.0 Å². The Hall–Kier alpha value is -0.630. The SMILES string of the molecule is CCSc1ccccc1NC1CCCCCCC1. The van der Waals surface area contributed by atoms with Gasteiger partial charge in [0.1, 0.15) is 0 Å². The Morgan fingerprint density at radius 1 is 1.06 bits per heavy atom. The van der Waals surface area contributed by atoms with Gasteiger partial charge in [-0.25, -0.2) is 0 Å². The first-order valence-corrected chi connectivity index (χ1v) is 8.37. The van der Waals surface area contributed by atoms with Crippen molar-refractivity contribution in [2.45, 2.75) is 62.8 Å². The molecule has 1 aromatic rings. The van der Waals surface area contributed by atoms with Gasteiger partial charge in [0, 0.05) is 16.6 Å². The quantitative estimate of drug-likeness (QED) is 0.737. The van der Waals surface area contributed by atoms with Crippen LogP contribution in [0.4, 0.5) is 5.69 Å². The normalized spacial score (nSPS) is 18.1. The highest BCUT2D eigenvalue weighted by molar-refractivity contribution is 7.99. The summed E-state index contributed by atoms with van der Waals surface area (Å²) in [6.45, 7) is 2.22. The van der Waals surface area contributed by atoms with Gasteiger partial charge in [-0.15, -0.1) is 11.8 Å². The Balaban J connectivity index is 1.98.